The van der Waals surface area contributed by atoms with Crippen molar-refractivity contribution in [2.24, 2.45) is 5.92 Å². The van der Waals surface area contributed by atoms with Crippen LogP contribution in [0.2, 0.25) is 0 Å². The molecule has 29 heavy (non-hydrogen) atoms. The summed E-state index contributed by atoms with van der Waals surface area (Å²) in [5.74, 6) is 0.542. The van der Waals surface area contributed by atoms with E-state index in [-0.39, 0.29) is 0 Å². The molecule has 0 radical (unpaired) electrons. The van der Waals surface area contributed by atoms with Crippen molar-refractivity contribution in [1.82, 2.24) is 9.55 Å². The Balaban J connectivity index is 1.69. The lowest BCUT2D eigenvalue weighted by Crippen LogP contribution is -2.16. The molecule has 0 spiro atoms. The molecule has 3 aromatic rings. The minimum atomic E-state index is -0.878. The monoisotopic (exact) mass is 410 g/mol. The summed E-state index contributed by atoms with van der Waals surface area (Å²) in [4.78, 5) is 16.6. The van der Waals surface area contributed by atoms with Crippen molar-refractivity contribution in [2.45, 2.75) is 45.6 Å². The SMILES string of the molecule is COc1ccc(-c2nc(-c3cc(C(=O)O)c(C)n3CC3CCCCC3)cs2)cc1. The minimum Gasteiger partial charge on any atom is -0.497 e. The van der Waals surface area contributed by atoms with Gasteiger partial charge in [-0.2, -0.15) is 0 Å². The topological polar surface area (TPSA) is 64.3 Å². The van der Waals surface area contributed by atoms with Gasteiger partial charge in [-0.15, -0.1) is 11.3 Å². The largest absolute Gasteiger partial charge is 0.497 e. The molecule has 152 valence electrons. The highest BCUT2D eigenvalue weighted by molar-refractivity contribution is 7.13. The van der Waals surface area contributed by atoms with E-state index < -0.39 is 5.97 Å². The fraction of sp³-hybridized carbons (Fsp3) is 0.391. The Bertz CT molecular complexity index is 998. The van der Waals surface area contributed by atoms with Crippen LogP contribution in [0, 0.1) is 12.8 Å². The Morgan fingerprint density at radius 3 is 2.62 bits per heavy atom. The first-order valence-corrected chi connectivity index (χ1v) is 11.0. The standard InChI is InChI=1S/C23H26N2O3S/c1-15-19(23(26)27)12-21(25(15)13-16-6-4-3-5-7-16)20-14-29-22(24-20)17-8-10-18(28-2)11-9-17/h8-12,14,16H,3-7,13H2,1-2H3,(H,26,27). The first-order chi connectivity index (χ1) is 14.1. The van der Waals surface area contributed by atoms with Crippen molar-refractivity contribution in [3.63, 3.8) is 0 Å². The van der Waals surface area contributed by atoms with E-state index in [4.69, 9.17) is 9.72 Å². The molecule has 0 atom stereocenters. The van der Waals surface area contributed by atoms with E-state index in [0.29, 0.717) is 11.5 Å². The molecule has 4 rings (SSSR count). The Kier molecular flexibility index (Phi) is 5.72. The molecule has 2 aromatic heterocycles. The number of ether oxygens (including phenoxy) is 1. The molecule has 0 amide bonds. The van der Waals surface area contributed by atoms with Gasteiger partial charge in [0.05, 0.1) is 24.1 Å². The van der Waals surface area contributed by atoms with Gasteiger partial charge < -0.3 is 14.4 Å². The number of benzene rings is 1. The molecule has 6 heteroatoms. The lowest BCUT2D eigenvalue weighted by Gasteiger charge is -2.24. The smallest absolute Gasteiger partial charge is 0.337 e. The van der Waals surface area contributed by atoms with Gasteiger partial charge in [-0.05, 0) is 56.0 Å². The number of hydrogen-bond donors (Lipinski definition) is 1. The Labute approximate surface area is 175 Å². The van der Waals surface area contributed by atoms with Gasteiger partial charge in [-0.3, -0.25) is 0 Å². The summed E-state index contributed by atoms with van der Waals surface area (Å²) in [7, 11) is 1.65. The second-order valence-corrected chi connectivity index (χ2v) is 8.57. The summed E-state index contributed by atoms with van der Waals surface area (Å²) in [5, 5.41) is 12.6. The van der Waals surface area contributed by atoms with Gasteiger partial charge in [-0.1, -0.05) is 19.3 Å². The molecule has 1 fully saturated rings. The zero-order valence-electron chi connectivity index (χ0n) is 16.9. The molecule has 1 aliphatic rings. The second kappa shape index (κ2) is 8.41. The van der Waals surface area contributed by atoms with Crippen molar-refractivity contribution < 1.29 is 14.6 Å². The van der Waals surface area contributed by atoms with Crippen LogP contribution < -0.4 is 4.74 Å². The Morgan fingerprint density at radius 1 is 1.24 bits per heavy atom. The maximum absolute atomic E-state index is 11.8. The van der Waals surface area contributed by atoms with Crippen LogP contribution in [0.3, 0.4) is 0 Å². The number of rotatable bonds is 6. The molecule has 1 aromatic carbocycles. The Morgan fingerprint density at radius 2 is 1.97 bits per heavy atom. The molecule has 1 aliphatic carbocycles. The van der Waals surface area contributed by atoms with Crippen LogP contribution in [0.4, 0.5) is 0 Å². The third-order valence-electron chi connectivity index (χ3n) is 5.87. The van der Waals surface area contributed by atoms with Crippen LogP contribution in [0.1, 0.15) is 48.2 Å². The molecule has 0 saturated heterocycles. The van der Waals surface area contributed by atoms with Crippen LogP contribution in [0.15, 0.2) is 35.7 Å². The summed E-state index contributed by atoms with van der Waals surface area (Å²) in [6.07, 6.45) is 6.28. The Hall–Kier alpha value is -2.60. The molecule has 2 heterocycles. The van der Waals surface area contributed by atoms with Gasteiger partial charge in [0, 0.05) is 23.2 Å². The molecule has 0 aliphatic heterocycles. The average Bonchev–Trinajstić information content (AvgIpc) is 3.34. The summed E-state index contributed by atoms with van der Waals surface area (Å²) in [5.41, 5.74) is 3.96. The van der Waals surface area contributed by atoms with E-state index in [1.165, 1.54) is 32.1 Å². The van der Waals surface area contributed by atoms with Gasteiger partial charge in [-0.25, -0.2) is 9.78 Å². The normalized spacial score (nSPS) is 14.8. The number of thiazole rings is 1. The maximum atomic E-state index is 11.8. The highest BCUT2D eigenvalue weighted by atomic mass is 32.1. The highest BCUT2D eigenvalue weighted by Gasteiger charge is 2.23. The zero-order valence-corrected chi connectivity index (χ0v) is 17.7. The van der Waals surface area contributed by atoms with E-state index in [0.717, 1.165) is 39.9 Å². The van der Waals surface area contributed by atoms with E-state index in [2.05, 4.69) is 4.57 Å². The van der Waals surface area contributed by atoms with E-state index >= 15 is 0 Å². The quantitative estimate of drug-likeness (QED) is 0.552. The van der Waals surface area contributed by atoms with E-state index in [1.54, 1.807) is 24.5 Å². The number of carboxylic acids is 1. The highest BCUT2D eigenvalue weighted by Crippen LogP contribution is 2.34. The first kappa shape index (κ1) is 19.7. The third kappa shape index (κ3) is 4.08. The number of aromatic nitrogens is 2. The van der Waals surface area contributed by atoms with Gasteiger partial charge in [0.1, 0.15) is 10.8 Å². The van der Waals surface area contributed by atoms with Crippen LogP contribution >= 0.6 is 11.3 Å². The second-order valence-electron chi connectivity index (χ2n) is 7.71. The molecule has 1 saturated carbocycles. The number of carbonyl (C=O) groups is 1. The minimum absolute atomic E-state index is 0.370. The van der Waals surface area contributed by atoms with Crippen LogP contribution in [0.25, 0.3) is 22.0 Å². The van der Waals surface area contributed by atoms with Crippen molar-refractivity contribution in [3.8, 4) is 27.7 Å². The maximum Gasteiger partial charge on any atom is 0.337 e. The number of carboxylic acid groups (broad SMARTS) is 1. The van der Waals surface area contributed by atoms with Crippen LogP contribution in [-0.2, 0) is 6.54 Å². The fourth-order valence-corrected chi connectivity index (χ4v) is 5.01. The number of methoxy groups -OCH3 is 1. The van der Waals surface area contributed by atoms with Gasteiger partial charge >= 0.3 is 5.97 Å². The molecule has 1 N–H and O–H groups in total. The lowest BCUT2D eigenvalue weighted by molar-refractivity contribution is 0.0696. The molecule has 5 nitrogen and oxygen atoms in total. The molecular formula is C23H26N2O3S. The van der Waals surface area contributed by atoms with Crippen LogP contribution in [-0.4, -0.2) is 27.7 Å². The molecular weight excluding hydrogens is 384 g/mol. The van der Waals surface area contributed by atoms with Crippen molar-refractivity contribution in [1.29, 1.82) is 0 Å². The third-order valence-corrected chi connectivity index (χ3v) is 6.76. The molecule has 0 unspecified atom stereocenters. The lowest BCUT2D eigenvalue weighted by atomic mass is 9.89. The van der Waals surface area contributed by atoms with Crippen molar-refractivity contribution >= 4 is 17.3 Å². The van der Waals surface area contributed by atoms with Gasteiger partial charge in [0.2, 0.25) is 0 Å². The van der Waals surface area contributed by atoms with E-state index in [9.17, 15) is 9.90 Å². The summed E-state index contributed by atoms with van der Waals surface area (Å²) < 4.78 is 7.40. The summed E-state index contributed by atoms with van der Waals surface area (Å²) >= 11 is 1.58. The van der Waals surface area contributed by atoms with Gasteiger partial charge in [0.15, 0.2) is 0 Å². The average molecular weight is 411 g/mol. The fourth-order valence-electron chi connectivity index (χ4n) is 4.19. The zero-order chi connectivity index (χ0) is 20.4. The van der Waals surface area contributed by atoms with E-state index in [1.807, 2.05) is 36.6 Å². The summed E-state index contributed by atoms with van der Waals surface area (Å²) in [6, 6.07) is 9.63. The number of hydrogen-bond acceptors (Lipinski definition) is 4. The van der Waals surface area contributed by atoms with Crippen molar-refractivity contribution in [2.75, 3.05) is 7.11 Å². The predicted molar refractivity (Wildman–Crippen MR) is 116 cm³/mol. The van der Waals surface area contributed by atoms with Crippen molar-refractivity contribution in [3.05, 3.63) is 47.0 Å². The number of nitrogens with zero attached hydrogens (tertiary/aromatic N) is 2. The van der Waals surface area contributed by atoms with Crippen LogP contribution in [0.5, 0.6) is 5.75 Å². The predicted octanol–water partition coefficient (Wildman–Crippen LogP) is 5.87. The summed E-state index contributed by atoms with van der Waals surface area (Å²) in [6.45, 7) is 2.77. The molecule has 0 bridgehead atoms. The first-order valence-electron chi connectivity index (χ1n) is 10.1. The van der Waals surface area contributed by atoms with Gasteiger partial charge in [0.25, 0.3) is 0 Å². The number of aromatic carboxylic acids is 1.